The Labute approximate surface area is 114 Å². The molecule has 0 aromatic heterocycles. The lowest BCUT2D eigenvalue weighted by molar-refractivity contribution is 0.101. The number of hydrogen-bond donors (Lipinski definition) is 2. The van der Waals surface area contributed by atoms with Crippen LogP contribution in [0.25, 0.3) is 0 Å². The van der Waals surface area contributed by atoms with Gasteiger partial charge in [-0.05, 0) is 44.4 Å². The van der Waals surface area contributed by atoms with Crippen molar-refractivity contribution in [2.24, 2.45) is 0 Å². The second kappa shape index (κ2) is 4.85. The zero-order valence-electron chi connectivity index (χ0n) is 11.4. The van der Waals surface area contributed by atoms with Crippen molar-refractivity contribution < 1.29 is 4.79 Å². The molecule has 3 rings (SSSR count). The van der Waals surface area contributed by atoms with Crippen molar-refractivity contribution in [3.63, 3.8) is 0 Å². The number of nitrogens with one attached hydrogen (secondary N) is 1. The van der Waals surface area contributed by atoms with Crippen molar-refractivity contribution in [1.29, 1.82) is 0 Å². The molecule has 102 valence electrons. The Morgan fingerprint density at radius 1 is 1.37 bits per heavy atom. The van der Waals surface area contributed by atoms with E-state index >= 15 is 0 Å². The number of likely N-dealkylation sites (tertiary alicyclic amines) is 1. The molecule has 0 radical (unpaired) electrons. The number of nitrogen functional groups attached to an aromatic ring is 1. The van der Waals surface area contributed by atoms with Crippen molar-refractivity contribution in [3.8, 4) is 0 Å². The Bertz CT molecular complexity index is 496. The van der Waals surface area contributed by atoms with Gasteiger partial charge in [0.15, 0.2) is 5.78 Å². The minimum Gasteiger partial charge on any atom is -0.398 e. The van der Waals surface area contributed by atoms with E-state index in [1.807, 2.05) is 18.2 Å². The third kappa shape index (κ3) is 2.73. The van der Waals surface area contributed by atoms with Gasteiger partial charge in [-0.1, -0.05) is 0 Å². The Hall–Kier alpha value is -1.55. The SMILES string of the molecule is CC(=O)c1cc(NC2CCN(C3CC3)C2)ccc1N. The summed E-state index contributed by atoms with van der Waals surface area (Å²) in [4.78, 5) is 14.1. The molecule has 0 bridgehead atoms. The highest BCUT2D eigenvalue weighted by atomic mass is 16.1. The molecule has 3 N–H and O–H groups in total. The Morgan fingerprint density at radius 2 is 2.16 bits per heavy atom. The van der Waals surface area contributed by atoms with Crippen LogP contribution in [0.1, 0.15) is 36.5 Å². The van der Waals surface area contributed by atoms with E-state index < -0.39 is 0 Å². The van der Waals surface area contributed by atoms with Crippen LogP contribution in [-0.4, -0.2) is 35.9 Å². The van der Waals surface area contributed by atoms with Gasteiger partial charge in [-0.3, -0.25) is 9.69 Å². The van der Waals surface area contributed by atoms with E-state index in [9.17, 15) is 4.79 Å². The van der Waals surface area contributed by atoms with Crippen molar-refractivity contribution >= 4 is 17.2 Å². The van der Waals surface area contributed by atoms with Crippen LogP contribution >= 0.6 is 0 Å². The van der Waals surface area contributed by atoms with Gasteiger partial charge in [0.25, 0.3) is 0 Å². The van der Waals surface area contributed by atoms with E-state index in [-0.39, 0.29) is 5.78 Å². The average molecular weight is 259 g/mol. The fourth-order valence-electron chi connectivity index (χ4n) is 2.86. The molecule has 1 saturated carbocycles. The van der Waals surface area contributed by atoms with Crippen LogP contribution in [0, 0.1) is 0 Å². The molecule has 2 fully saturated rings. The number of nitrogens with zero attached hydrogens (tertiary/aromatic N) is 1. The highest BCUT2D eigenvalue weighted by Crippen LogP contribution is 2.30. The number of ketones is 1. The number of benzene rings is 1. The number of carbonyl (C=O) groups excluding carboxylic acids is 1. The topological polar surface area (TPSA) is 58.4 Å². The molecule has 1 aliphatic carbocycles. The fourth-order valence-corrected chi connectivity index (χ4v) is 2.86. The van der Waals surface area contributed by atoms with Crippen LogP contribution in [0.15, 0.2) is 18.2 Å². The number of nitrogens with two attached hydrogens (primary N) is 1. The first-order chi connectivity index (χ1) is 9.13. The van der Waals surface area contributed by atoms with Gasteiger partial charge in [-0.25, -0.2) is 0 Å². The quantitative estimate of drug-likeness (QED) is 0.642. The molecule has 19 heavy (non-hydrogen) atoms. The zero-order valence-corrected chi connectivity index (χ0v) is 11.4. The molecule has 0 amide bonds. The molecule has 1 aromatic carbocycles. The minimum absolute atomic E-state index is 0.0205. The highest BCUT2D eigenvalue weighted by molar-refractivity contribution is 6.00. The first-order valence-electron chi connectivity index (χ1n) is 7.04. The van der Waals surface area contributed by atoms with Gasteiger partial charge >= 0.3 is 0 Å². The monoisotopic (exact) mass is 259 g/mol. The van der Waals surface area contributed by atoms with E-state index in [2.05, 4.69) is 10.2 Å². The molecule has 4 nitrogen and oxygen atoms in total. The molecule has 1 aromatic rings. The van der Waals surface area contributed by atoms with E-state index in [0.29, 0.717) is 17.3 Å². The third-order valence-electron chi connectivity index (χ3n) is 4.09. The summed E-state index contributed by atoms with van der Waals surface area (Å²) in [5.41, 5.74) is 7.99. The van der Waals surface area contributed by atoms with Crippen molar-refractivity contribution in [2.75, 3.05) is 24.1 Å². The van der Waals surface area contributed by atoms with Crippen molar-refractivity contribution in [1.82, 2.24) is 4.90 Å². The average Bonchev–Trinajstić information content (AvgIpc) is 3.12. The second-order valence-corrected chi connectivity index (χ2v) is 5.71. The maximum atomic E-state index is 11.5. The predicted molar refractivity (Wildman–Crippen MR) is 77.5 cm³/mol. The number of Topliss-reactive ketones (excluding diaryl/α,β-unsaturated/α-hetero) is 1. The van der Waals surface area contributed by atoms with Crippen LogP contribution in [-0.2, 0) is 0 Å². The van der Waals surface area contributed by atoms with Crippen LogP contribution < -0.4 is 11.1 Å². The van der Waals surface area contributed by atoms with Crippen LogP contribution in [0.2, 0.25) is 0 Å². The van der Waals surface area contributed by atoms with Gasteiger partial charge in [-0.2, -0.15) is 0 Å². The van der Waals surface area contributed by atoms with E-state index in [1.54, 1.807) is 6.92 Å². The standard InChI is InChI=1S/C15H21N3O/c1-10(19)14-8-11(2-5-15(14)16)17-12-6-7-18(9-12)13-3-4-13/h2,5,8,12-13,17H,3-4,6-7,9,16H2,1H3. The molecule has 4 heteroatoms. The summed E-state index contributed by atoms with van der Waals surface area (Å²) in [5, 5.41) is 3.53. The van der Waals surface area contributed by atoms with E-state index in [0.717, 1.165) is 18.3 Å². The largest absolute Gasteiger partial charge is 0.398 e. The highest BCUT2D eigenvalue weighted by Gasteiger charge is 2.34. The van der Waals surface area contributed by atoms with E-state index in [4.69, 9.17) is 5.73 Å². The lowest BCUT2D eigenvalue weighted by Gasteiger charge is -2.17. The van der Waals surface area contributed by atoms with Crippen molar-refractivity contribution in [2.45, 2.75) is 38.3 Å². The summed E-state index contributed by atoms with van der Waals surface area (Å²) < 4.78 is 0. The molecular weight excluding hydrogens is 238 g/mol. The zero-order chi connectivity index (χ0) is 13.4. The Kier molecular flexibility index (Phi) is 3.19. The Balaban J connectivity index is 1.66. The molecule has 1 saturated heterocycles. The van der Waals surface area contributed by atoms with Gasteiger partial charge in [-0.15, -0.1) is 0 Å². The van der Waals surface area contributed by atoms with Crippen LogP contribution in [0.4, 0.5) is 11.4 Å². The fraction of sp³-hybridized carbons (Fsp3) is 0.533. The van der Waals surface area contributed by atoms with Gasteiger partial charge in [0, 0.05) is 42.1 Å². The second-order valence-electron chi connectivity index (χ2n) is 5.71. The van der Waals surface area contributed by atoms with Gasteiger partial charge in [0.2, 0.25) is 0 Å². The first kappa shape index (κ1) is 12.5. The van der Waals surface area contributed by atoms with Crippen molar-refractivity contribution in [3.05, 3.63) is 23.8 Å². The molecule has 1 aliphatic heterocycles. The van der Waals surface area contributed by atoms with E-state index in [1.165, 1.54) is 25.8 Å². The molecule has 1 heterocycles. The van der Waals surface area contributed by atoms with Gasteiger partial charge < -0.3 is 11.1 Å². The summed E-state index contributed by atoms with van der Waals surface area (Å²) in [5.74, 6) is 0.0205. The maximum Gasteiger partial charge on any atom is 0.161 e. The summed E-state index contributed by atoms with van der Waals surface area (Å²) >= 11 is 0. The summed E-state index contributed by atoms with van der Waals surface area (Å²) in [7, 11) is 0. The van der Waals surface area contributed by atoms with Crippen LogP contribution in [0.5, 0.6) is 0 Å². The maximum absolute atomic E-state index is 11.5. The van der Waals surface area contributed by atoms with Gasteiger partial charge in [0.05, 0.1) is 0 Å². The smallest absolute Gasteiger partial charge is 0.161 e. The lowest BCUT2D eigenvalue weighted by atomic mass is 10.1. The third-order valence-corrected chi connectivity index (χ3v) is 4.09. The summed E-state index contributed by atoms with van der Waals surface area (Å²) in [6, 6.07) is 6.97. The predicted octanol–water partition coefficient (Wildman–Crippen LogP) is 2.12. The summed E-state index contributed by atoms with van der Waals surface area (Å²) in [6.45, 7) is 3.86. The Morgan fingerprint density at radius 3 is 2.84 bits per heavy atom. The van der Waals surface area contributed by atoms with Gasteiger partial charge in [0.1, 0.15) is 0 Å². The molecule has 1 unspecified atom stereocenters. The van der Waals surface area contributed by atoms with Crippen LogP contribution in [0.3, 0.4) is 0 Å². The molecule has 0 spiro atoms. The minimum atomic E-state index is 0.0205. The number of rotatable bonds is 4. The molecule has 2 aliphatic rings. The molecular formula is C15H21N3O. The first-order valence-corrected chi connectivity index (χ1v) is 7.04. The lowest BCUT2D eigenvalue weighted by Crippen LogP contribution is -2.27. The molecule has 1 atom stereocenters. The number of carbonyl (C=O) groups is 1. The number of anilines is 2. The normalized spacial score (nSPS) is 23.5. The number of hydrogen-bond acceptors (Lipinski definition) is 4. The summed E-state index contributed by atoms with van der Waals surface area (Å²) in [6.07, 6.45) is 3.91.